The van der Waals surface area contributed by atoms with Gasteiger partial charge >= 0.3 is 5.97 Å². The predicted molar refractivity (Wildman–Crippen MR) is 75.3 cm³/mol. The minimum Gasteiger partial charge on any atom is -0.469 e. The second-order valence-corrected chi connectivity index (χ2v) is 4.91. The number of halogens is 1. The number of benzene rings is 1. The molecule has 19 heavy (non-hydrogen) atoms. The number of carbonyl (C=O) groups is 2. The smallest absolute Gasteiger partial charge is 0.307 e. The van der Waals surface area contributed by atoms with Crippen molar-refractivity contribution in [2.45, 2.75) is 18.9 Å². The van der Waals surface area contributed by atoms with Crippen molar-refractivity contribution < 1.29 is 14.3 Å². The Morgan fingerprint density at radius 3 is 2.53 bits per heavy atom. The molecular weight excluding hydrogens is 312 g/mol. The van der Waals surface area contributed by atoms with Crippen molar-refractivity contribution >= 4 is 27.8 Å². The van der Waals surface area contributed by atoms with E-state index in [-0.39, 0.29) is 31.3 Å². The first-order chi connectivity index (χ1) is 9.06. The second kappa shape index (κ2) is 7.91. The van der Waals surface area contributed by atoms with E-state index in [1.165, 1.54) is 7.11 Å². The summed E-state index contributed by atoms with van der Waals surface area (Å²) in [7, 11) is 1.32. The number of nitrogens with one attached hydrogen (secondary N) is 1. The maximum atomic E-state index is 11.6. The van der Waals surface area contributed by atoms with E-state index in [0.29, 0.717) is 0 Å². The topological polar surface area (TPSA) is 81.4 Å². The van der Waals surface area contributed by atoms with Crippen LogP contribution in [-0.2, 0) is 14.3 Å². The van der Waals surface area contributed by atoms with E-state index in [1.54, 1.807) is 0 Å². The molecule has 0 aliphatic heterocycles. The summed E-state index contributed by atoms with van der Waals surface area (Å²) in [4.78, 5) is 23.0. The normalized spacial score (nSPS) is 11.7. The third-order valence-electron chi connectivity index (χ3n) is 2.58. The highest BCUT2D eigenvalue weighted by Crippen LogP contribution is 2.20. The number of methoxy groups -OCH3 is 1. The average Bonchev–Trinajstić information content (AvgIpc) is 2.39. The summed E-state index contributed by atoms with van der Waals surface area (Å²) in [5.74, 6) is -0.555. The zero-order valence-electron chi connectivity index (χ0n) is 10.7. The van der Waals surface area contributed by atoms with Gasteiger partial charge in [-0.05, 0) is 17.7 Å². The highest BCUT2D eigenvalue weighted by atomic mass is 79.9. The number of amides is 1. The molecule has 1 unspecified atom stereocenters. The third-order valence-corrected chi connectivity index (χ3v) is 3.11. The number of esters is 1. The van der Waals surface area contributed by atoms with Crippen molar-refractivity contribution in [1.82, 2.24) is 5.32 Å². The summed E-state index contributed by atoms with van der Waals surface area (Å²) in [6, 6.07) is 7.00. The third kappa shape index (κ3) is 5.40. The van der Waals surface area contributed by atoms with Crippen LogP contribution in [0.5, 0.6) is 0 Å². The maximum Gasteiger partial charge on any atom is 0.307 e. The van der Waals surface area contributed by atoms with Crippen LogP contribution in [0, 0.1) is 0 Å². The fourth-order valence-corrected chi connectivity index (χ4v) is 1.86. The van der Waals surface area contributed by atoms with Crippen molar-refractivity contribution in [1.29, 1.82) is 0 Å². The van der Waals surface area contributed by atoms with Crippen molar-refractivity contribution in [3.8, 4) is 0 Å². The Balaban J connectivity index is 2.82. The zero-order chi connectivity index (χ0) is 14.3. The van der Waals surface area contributed by atoms with Gasteiger partial charge in [-0.25, -0.2) is 0 Å². The molecular formula is C13H17BrN2O3. The van der Waals surface area contributed by atoms with Gasteiger partial charge in [0, 0.05) is 17.4 Å². The van der Waals surface area contributed by atoms with Crippen LogP contribution in [0.1, 0.15) is 24.4 Å². The van der Waals surface area contributed by atoms with E-state index < -0.39 is 6.04 Å². The summed E-state index contributed by atoms with van der Waals surface area (Å²) in [5, 5.41) is 2.78. The quantitative estimate of drug-likeness (QED) is 0.776. The first-order valence-corrected chi connectivity index (χ1v) is 6.67. The van der Waals surface area contributed by atoms with Gasteiger partial charge < -0.3 is 15.8 Å². The van der Waals surface area contributed by atoms with E-state index in [1.807, 2.05) is 24.3 Å². The molecule has 1 amide bonds. The van der Waals surface area contributed by atoms with E-state index in [4.69, 9.17) is 5.73 Å². The van der Waals surface area contributed by atoms with Crippen LogP contribution in [-0.4, -0.2) is 25.5 Å². The minimum atomic E-state index is -0.403. The summed E-state index contributed by atoms with van der Waals surface area (Å²) < 4.78 is 5.58. The first-order valence-electron chi connectivity index (χ1n) is 5.88. The van der Waals surface area contributed by atoms with Crippen molar-refractivity contribution in [3.05, 3.63) is 34.3 Å². The Kier molecular flexibility index (Phi) is 6.52. The standard InChI is InChI=1S/C13H17BrN2O3/c1-19-13(18)8-11(16-12(17)6-7-15)9-2-4-10(14)5-3-9/h2-5,11H,6-8,15H2,1H3,(H,16,17). The van der Waals surface area contributed by atoms with Gasteiger partial charge in [0.25, 0.3) is 0 Å². The lowest BCUT2D eigenvalue weighted by molar-refractivity contribution is -0.141. The van der Waals surface area contributed by atoms with Crippen LogP contribution in [0.2, 0.25) is 0 Å². The molecule has 5 nitrogen and oxygen atoms in total. The predicted octanol–water partition coefficient (Wildman–Crippen LogP) is 1.52. The molecule has 6 heteroatoms. The molecule has 0 spiro atoms. The van der Waals surface area contributed by atoms with Gasteiger partial charge in [0.1, 0.15) is 0 Å². The Bertz CT molecular complexity index is 434. The lowest BCUT2D eigenvalue weighted by atomic mass is 10.0. The molecule has 0 saturated carbocycles. The summed E-state index contributed by atoms with van der Waals surface area (Å²) in [6.45, 7) is 0.275. The Labute approximate surface area is 120 Å². The first kappa shape index (κ1) is 15.7. The van der Waals surface area contributed by atoms with Gasteiger partial charge in [-0.2, -0.15) is 0 Å². The largest absolute Gasteiger partial charge is 0.469 e. The van der Waals surface area contributed by atoms with Crippen LogP contribution in [0.25, 0.3) is 0 Å². The number of hydrogen-bond donors (Lipinski definition) is 2. The fourth-order valence-electron chi connectivity index (χ4n) is 1.59. The summed E-state index contributed by atoms with van der Waals surface area (Å²) in [6.07, 6.45) is 0.322. The highest BCUT2D eigenvalue weighted by molar-refractivity contribution is 9.10. The molecule has 0 aliphatic rings. The molecule has 0 radical (unpaired) electrons. The van der Waals surface area contributed by atoms with E-state index >= 15 is 0 Å². The molecule has 0 aliphatic carbocycles. The monoisotopic (exact) mass is 328 g/mol. The molecule has 1 atom stereocenters. The summed E-state index contributed by atoms with van der Waals surface area (Å²) in [5.41, 5.74) is 6.18. The molecule has 0 bridgehead atoms. The lowest BCUT2D eigenvalue weighted by Gasteiger charge is -2.18. The molecule has 1 rings (SSSR count). The van der Waals surface area contributed by atoms with Gasteiger partial charge in [0.15, 0.2) is 0 Å². The molecule has 104 valence electrons. The van der Waals surface area contributed by atoms with Crippen LogP contribution in [0.4, 0.5) is 0 Å². The van der Waals surface area contributed by atoms with E-state index in [9.17, 15) is 9.59 Å². The van der Waals surface area contributed by atoms with Crippen LogP contribution in [0.3, 0.4) is 0 Å². The van der Waals surface area contributed by atoms with Gasteiger partial charge in [-0.15, -0.1) is 0 Å². The molecule has 0 aromatic heterocycles. The highest BCUT2D eigenvalue weighted by Gasteiger charge is 2.18. The number of nitrogens with two attached hydrogens (primary N) is 1. The van der Waals surface area contributed by atoms with Crippen molar-refractivity contribution in [2.24, 2.45) is 5.73 Å². The Morgan fingerprint density at radius 1 is 1.37 bits per heavy atom. The zero-order valence-corrected chi connectivity index (χ0v) is 12.3. The Hall–Kier alpha value is -1.40. The number of rotatable bonds is 6. The van der Waals surface area contributed by atoms with Crippen LogP contribution >= 0.6 is 15.9 Å². The number of hydrogen-bond acceptors (Lipinski definition) is 4. The van der Waals surface area contributed by atoms with Crippen molar-refractivity contribution in [2.75, 3.05) is 13.7 Å². The molecule has 1 aromatic rings. The summed E-state index contributed by atoms with van der Waals surface area (Å²) >= 11 is 3.34. The molecule has 0 fully saturated rings. The van der Waals surface area contributed by atoms with Gasteiger partial charge in [0.05, 0.1) is 19.6 Å². The lowest BCUT2D eigenvalue weighted by Crippen LogP contribution is -2.31. The second-order valence-electron chi connectivity index (χ2n) is 3.99. The SMILES string of the molecule is COC(=O)CC(NC(=O)CCN)c1ccc(Br)cc1. The van der Waals surface area contributed by atoms with Crippen molar-refractivity contribution in [3.63, 3.8) is 0 Å². The van der Waals surface area contributed by atoms with E-state index in [2.05, 4.69) is 26.0 Å². The fraction of sp³-hybridized carbons (Fsp3) is 0.385. The van der Waals surface area contributed by atoms with Gasteiger partial charge in [-0.3, -0.25) is 9.59 Å². The number of carbonyl (C=O) groups excluding carboxylic acids is 2. The Morgan fingerprint density at radius 2 is 2.00 bits per heavy atom. The van der Waals surface area contributed by atoms with Crippen LogP contribution < -0.4 is 11.1 Å². The average molecular weight is 329 g/mol. The van der Waals surface area contributed by atoms with E-state index in [0.717, 1.165) is 10.0 Å². The van der Waals surface area contributed by atoms with Crippen LogP contribution in [0.15, 0.2) is 28.7 Å². The van der Waals surface area contributed by atoms with Gasteiger partial charge in [0.2, 0.25) is 5.91 Å². The molecule has 1 aromatic carbocycles. The number of ether oxygens (including phenoxy) is 1. The molecule has 3 N–H and O–H groups in total. The maximum absolute atomic E-state index is 11.6. The molecule has 0 saturated heterocycles. The molecule has 0 heterocycles. The van der Waals surface area contributed by atoms with Gasteiger partial charge in [-0.1, -0.05) is 28.1 Å². The minimum absolute atomic E-state index is 0.0917.